The summed E-state index contributed by atoms with van der Waals surface area (Å²) < 4.78 is 23.2. The molecule has 2 N–H and O–H groups in total. The topological polar surface area (TPSA) is 90.5 Å². The van der Waals surface area contributed by atoms with Crippen molar-refractivity contribution in [3.8, 4) is 23.0 Å². The molecule has 1 fully saturated rings. The first-order valence-electron chi connectivity index (χ1n) is 11.4. The van der Waals surface area contributed by atoms with Crippen LogP contribution in [0.15, 0.2) is 72.9 Å². The van der Waals surface area contributed by atoms with E-state index in [2.05, 4.69) is 21.7 Å². The van der Waals surface area contributed by atoms with E-state index in [1.54, 1.807) is 12.1 Å². The Labute approximate surface area is 204 Å². The fraction of sp³-hybridized carbons (Fsp3) is 0.179. The number of sulfone groups is 1. The number of carbonyl (C=O) groups is 1. The Morgan fingerprint density at radius 2 is 1.74 bits per heavy atom. The summed E-state index contributed by atoms with van der Waals surface area (Å²) in [6, 6.07) is 20.8. The number of aromatic carboxylic acids is 1. The largest absolute Gasteiger partial charge is 0.478 e. The van der Waals surface area contributed by atoms with E-state index in [0.717, 1.165) is 27.6 Å². The lowest BCUT2D eigenvalue weighted by Crippen LogP contribution is -2.39. The van der Waals surface area contributed by atoms with Gasteiger partial charge >= 0.3 is 5.97 Å². The van der Waals surface area contributed by atoms with E-state index in [9.17, 15) is 18.3 Å². The second-order valence-electron chi connectivity index (χ2n) is 8.69. The van der Waals surface area contributed by atoms with Crippen molar-refractivity contribution in [2.24, 2.45) is 0 Å². The zero-order valence-electron chi connectivity index (χ0n) is 19.0. The van der Waals surface area contributed by atoms with E-state index >= 15 is 0 Å². The maximum atomic E-state index is 12.0. The number of rotatable bonds is 4. The average molecular weight is 485 g/mol. The molecule has 1 aliphatic rings. The lowest BCUT2D eigenvalue weighted by molar-refractivity contribution is 0.0697. The van der Waals surface area contributed by atoms with E-state index < -0.39 is 15.8 Å². The second-order valence-corrected chi connectivity index (χ2v) is 11.0. The van der Waals surface area contributed by atoms with Gasteiger partial charge in [0.25, 0.3) is 0 Å². The number of H-pyrrole nitrogens is 1. The highest BCUT2D eigenvalue weighted by molar-refractivity contribution is 7.91. The van der Waals surface area contributed by atoms with Crippen molar-refractivity contribution in [1.82, 2.24) is 9.88 Å². The van der Waals surface area contributed by atoms with Gasteiger partial charge in [0.15, 0.2) is 9.84 Å². The molecule has 176 valence electrons. The molecule has 1 saturated heterocycles. The van der Waals surface area contributed by atoms with Crippen molar-refractivity contribution in [1.29, 1.82) is 0 Å². The molecule has 7 heteroatoms. The van der Waals surface area contributed by atoms with Gasteiger partial charge in [-0.15, -0.1) is 0 Å². The third kappa shape index (κ3) is 5.14. The van der Waals surface area contributed by atoms with Crippen LogP contribution < -0.4 is 0 Å². The number of benzene rings is 3. The van der Waals surface area contributed by atoms with Gasteiger partial charge in [-0.2, -0.15) is 0 Å². The van der Waals surface area contributed by atoms with Crippen LogP contribution >= 0.6 is 0 Å². The first kappa shape index (κ1) is 22.9. The predicted octanol–water partition coefficient (Wildman–Crippen LogP) is 4.16. The van der Waals surface area contributed by atoms with Crippen LogP contribution in [0.5, 0.6) is 0 Å². The van der Waals surface area contributed by atoms with Crippen LogP contribution in [0, 0.1) is 11.8 Å². The van der Waals surface area contributed by atoms with Crippen molar-refractivity contribution in [3.05, 3.63) is 95.2 Å². The van der Waals surface area contributed by atoms with Gasteiger partial charge < -0.3 is 10.1 Å². The molecule has 5 rings (SSSR count). The summed E-state index contributed by atoms with van der Waals surface area (Å²) >= 11 is 0. The fourth-order valence-electron chi connectivity index (χ4n) is 4.35. The quantitative estimate of drug-likeness (QED) is 0.425. The Morgan fingerprint density at radius 3 is 2.49 bits per heavy atom. The summed E-state index contributed by atoms with van der Waals surface area (Å²) in [4.78, 5) is 17.3. The number of hydrogen-bond donors (Lipinski definition) is 2. The summed E-state index contributed by atoms with van der Waals surface area (Å²) in [6.45, 7) is 1.82. The van der Waals surface area contributed by atoms with Gasteiger partial charge in [0.2, 0.25) is 0 Å². The number of nitrogens with zero attached hydrogens (tertiary/aromatic N) is 1. The first-order chi connectivity index (χ1) is 16.9. The summed E-state index contributed by atoms with van der Waals surface area (Å²) in [5.41, 5.74) is 5.10. The number of fused-ring (bicyclic) bond motifs is 1. The molecule has 2 heterocycles. The Balaban J connectivity index is 1.41. The van der Waals surface area contributed by atoms with Gasteiger partial charge in [-0.05, 0) is 52.9 Å². The molecule has 0 unspecified atom stereocenters. The molecule has 1 aromatic heterocycles. The average Bonchev–Trinajstić information content (AvgIpc) is 3.32. The molecular weight excluding hydrogens is 460 g/mol. The molecule has 0 amide bonds. The minimum absolute atomic E-state index is 0.210. The smallest absolute Gasteiger partial charge is 0.336 e. The Kier molecular flexibility index (Phi) is 6.16. The summed E-state index contributed by atoms with van der Waals surface area (Å²) in [5, 5.41) is 10.9. The van der Waals surface area contributed by atoms with E-state index in [1.165, 1.54) is 0 Å². The van der Waals surface area contributed by atoms with Crippen LogP contribution in [0.3, 0.4) is 0 Å². The maximum absolute atomic E-state index is 12.0. The normalized spacial score (nSPS) is 15.4. The van der Waals surface area contributed by atoms with Gasteiger partial charge in [-0.3, -0.25) is 4.90 Å². The van der Waals surface area contributed by atoms with Crippen LogP contribution in [-0.4, -0.2) is 54.0 Å². The number of aromatic amines is 1. The molecular formula is C28H24N2O4S. The molecule has 6 nitrogen and oxygen atoms in total. The minimum atomic E-state index is -2.89. The van der Waals surface area contributed by atoms with Gasteiger partial charge in [0.1, 0.15) is 0 Å². The van der Waals surface area contributed by atoms with E-state index in [0.29, 0.717) is 30.8 Å². The number of aromatic nitrogens is 1. The molecule has 0 aliphatic carbocycles. The monoisotopic (exact) mass is 484 g/mol. The first-order valence-corrected chi connectivity index (χ1v) is 13.2. The van der Waals surface area contributed by atoms with Crippen molar-refractivity contribution < 1.29 is 18.3 Å². The lowest BCUT2D eigenvalue weighted by atomic mass is 9.93. The fourth-order valence-corrected chi connectivity index (χ4v) is 5.63. The molecule has 0 atom stereocenters. The highest BCUT2D eigenvalue weighted by Crippen LogP contribution is 2.30. The summed E-state index contributed by atoms with van der Waals surface area (Å²) in [5.74, 6) is 5.77. The van der Waals surface area contributed by atoms with Crippen LogP contribution in [0.1, 0.15) is 27.0 Å². The third-order valence-corrected chi connectivity index (χ3v) is 7.89. The second kappa shape index (κ2) is 9.41. The molecule has 0 bridgehead atoms. The maximum Gasteiger partial charge on any atom is 0.336 e. The minimum Gasteiger partial charge on any atom is -0.478 e. The number of nitrogens with one attached hydrogen (secondary N) is 1. The van der Waals surface area contributed by atoms with Gasteiger partial charge in [-0.1, -0.05) is 42.2 Å². The highest BCUT2D eigenvalue weighted by Gasteiger charge is 2.21. The van der Waals surface area contributed by atoms with Crippen LogP contribution in [0.25, 0.3) is 22.0 Å². The lowest BCUT2D eigenvalue weighted by Gasteiger charge is -2.26. The molecule has 1 aliphatic heterocycles. The van der Waals surface area contributed by atoms with Gasteiger partial charge in [0, 0.05) is 48.0 Å². The number of carboxylic acid groups (broad SMARTS) is 1. The van der Waals surface area contributed by atoms with E-state index in [1.807, 2.05) is 60.8 Å². The molecule has 4 aromatic rings. The van der Waals surface area contributed by atoms with Crippen molar-refractivity contribution in [2.75, 3.05) is 24.6 Å². The standard InChI is InChI=1S/C28H24N2O4S/c31-28(32)25-3-1-2-23(27(25)24-11-10-22-12-13-29-26(22)18-24)9-8-20-4-6-21(7-5-20)19-30-14-16-35(33,34)17-15-30/h1-7,10-13,18,29H,14-17,19H2,(H,31,32). The van der Waals surface area contributed by atoms with Crippen LogP contribution in [-0.2, 0) is 16.4 Å². The zero-order valence-corrected chi connectivity index (χ0v) is 19.8. The Morgan fingerprint density at radius 1 is 0.971 bits per heavy atom. The van der Waals surface area contributed by atoms with Crippen molar-refractivity contribution in [3.63, 3.8) is 0 Å². The van der Waals surface area contributed by atoms with Crippen LogP contribution in [0.4, 0.5) is 0 Å². The van der Waals surface area contributed by atoms with E-state index in [4.69, 9.17) is 0 Å². The Hall–Kier alpha value is -3.86. The molecule has 3 aromatic carbocycles. The predicted molar refractivity (Wildman–Crippen MR) is 137 cm³/mol. The molecule has 0 saturated carbocycles. The highest BCUT2D eigenvalue weighted by atomic mass is 32.2. The molecule has 0 radical (unpaired) electrons. The third-order valence-electron chi connectivity index (χ3n) is 6.28. The van der Waals surface area contributed by atoms with Gasteiger partial charge in [0.05, 0.1) is 17.1 Å². The van der Waals surface area contributed by atoms with Crippen LogP contribution in [0.2, 0.25) is 0 Å². The van der Waals surface area contributed by atoms with Crippen molar-refractivity contribution >= 4 is 26.7 Å². The number of hydrogen-bond acceptors (Lipinski definition) is 4. The van der Waals surface area contributed by atoms with Crippen molar-refractivity contribution in [2.45, 2.75) is 6.54 Å². The zero-order chi connectivity index (χ0) is 24.4. The SMILES string of the molecule is O=C(O)c1cccc(C#Cc2ccc(CN3CCS(=O)(=O)CC3)cc2)c1-c1ccc2cc[nH]c2c1. The van der Waals surface area contributed by atoms with Gasteiger partial charge in [-0.25, -0.2) is 13.2 Å². The Bertz CT molecular complexity index is 1560. The molecule has 35 heavy (non-hydrogen) atoms. The summed E-state index contributed by atoms with van der Waals surface area (Å²) in [7, 11) is -2.89. The van der Waals surface area contributed by atoms with E-state index in [-0.39, 0.29) is 17.1 Å². The molecule has 0 spiro atoms. The number of carboxylic acids is 1. The summed E-state index contributed by atoms with van der Waals surface area (Å²) in [6.07, 6.45) is 1.86.